The highest BCUT2D eigenvalue weighted by atomic mass is 35.5. The van der Waals surface area contributed by atoms with E-state index in [4.69, 9.17) is 22.1 Å². The molecule has 0 fully saturated rings. The molecule has 18 heavy (non-hydrogen) atoms. The maximum Gasteiger partial charge on any atom is 0.219 e. The Kier molecular flexibility index (Phi) is 3.79. The van der Waals surface area contributed by atoms with Gasteiger partial charge in [-0.3, -0.25) is 0 Å². The predicted octanol–water partition coefficient (Wildman–Crippen LogP) is 3.43. The SMILES string of the molecule is Cc1nc(Oc2ccc(Cl)c(F)c2)ccc1CN. The molecule has 0 aliphatic heterocycles. The molecule has 1 aromatic heterocycles. The summed E-state index contributed by atoms with van der Waals surface area (Å²) in [6, 6.07) is 7.77. The fraction of sp³-hybridized carbons (Fsp3) is 0.154. The van der Waals surface area contributed by atoms with E-state index in [2.05, 4.69) is 4.98 Å². The Labute approximate surface area is 109 Å². The minimum absolute atomic E-state index is 0.0602. The monoisotopic (exact) mass is 266 g/mol. The van der Waals surface area contributed by atoms with E-state index in [9.17, 15) is 4.39 Å². The first-order valence-corrected chi connectivity index (χ1v) is 5.77. The summed E-state index contributed by atoms with van der Waals surface area (Å²) in [6.07, 6.45) is 0. The third-order valence-electron chi connectivity index (χ3n) is 2.50. The molecule has 2 aromatic rings. The van der Waals surface area contributed by atoms with E-state index in [1.165, 1.54) is 12.1 Å². The Balaban J connectivity index is 2.23. The smallest absolute Gasteiger partial charge is 0.219 e. The molecule has 3 nitrogen and oxygen atoms in total. The van der Waals surface area contributed by atoms with Crippen LogP contribution in [0.3, 0.4) is 0 Å². The van der Waals surface area contributed by atoms with E-state index in [0.29, 0.717) is 18.2 Å². The molecule has 0 spiro atoms. The average Bonchev–Trinajstić information content (AvgIpc) is 2.34. The molecule has 0 amide bonds. The highest BCUT2D eigenvalue weighted by molar-refractivity contribution is 6.30. The van der Waals surface area contributed by atoms with Gasteiger partial charge >= 0.3 is 0 Å². The molecule has 0 bridgehead atoms. The van der Waals surface area contributed by atoms with Gasteiger partial charge in [-0.2, -0.15) is 0 Å². The average molecular weight is 267 g/mol. The van der Waals surface area contributed by atoms with E-state index in [1.54, 1.807) is 12.1 Å². The maximum atomic E-state index is 13.2. The Morgan fingerprint density at radius 1 is 1.33 bits per heavy atom. The molecule has 0 aliphatic rings. The first-order valence-electron chi connectivity index (χ1n) is 5.39. The number of ether oxygens (including phenoxy) is 1. The van der Waals surface area contributed by atoms with E-state index in [-0.39, 0.29) is 5.02 Å². The number of rotatable bonds is 3. The number of aromatic nitrogens is 1. The molecule has 0 aliphatic carbocycles. The van der Waals surface area contributed by atoms with Crippen LogP contribution in [0.4, 0.5) is 4.39 Å². The zero-order valence-corrected chi connectivity index (χ0v) is 10.5. The van der Waals surface area contributed by atoms with Crippen molar-refractivity contribution in [3.63, 3.8) is 0 Å². The van der Waals surface area contributed by atoms with E-state index in [1.807, 2.05) is 13.0 Å². The summed E-state index contributed by atoms with van der Waals surface area (Å²) in [5.74, 6) is 0.222. The van der Waals surface area contributed by atoms with Crippen molar-refractivity contribution in [2.24, 2.45) is 5.73 Å². The van der Waals surface area contributed by atoms with Crippen molar-refractivity contribution in [1.82, 2.24) is 4.98 Å². The number of nitrogens with zero attached hydrogens (tertiary/aromatic N) is 1. The molecule has 1 heterocycles. The Bertz CT molecular complexity index is 575. The van der Waals surface area contributed by atoms with Crippen LogP contribution in [0.1, 0.15) is 11.3 Å². The van der Waals surface area contributed by atoms with Gasteiger partial charge in [0.05, 0.1) is 5.02 Å². The van der Waals surface area contributed by atoms with Crippen LogP contribution in [-0.2, 0) is 6.54 Å². The Hall–Kier alpha value is -1.65. The molecular formula is C13H12ClFN2O. The number of aryl methyl sites for hydroxylation is 1. The predicted molar refractivity (Wildman–Crippen MR) is 68.3 cm³/mol. The zero-order valence-electron chi connectivity index (χ0n) is 9.78. The van der Waals surface area contributed by atoms with Crippen molar-refractivity contribution in [3.05, 3.63) is 52.4 Å². The van der Waals surface area contributed by atoms with Crippen molar-refractivity contribution in [2.75, 3.05) is 0 Å². The summed E-state index contributed by atoms with van der Waals surface area (Å²) in [7, 11) is 0. The van der Waals surface area contributed by atoms with Crippen molar-refractivity contribution in [1.29, 1.82) is 0 Å². The number of halogens is 2. The van der Waals surface area contributed by atoms with Gasteiger partial charge in [0.2, 0.25) is 5.88 Å². The van der Waals surface area contributed by atoms with Gasteiger partial charge in [0.1, 0.15) is 11.6 Å². The summed E-state index contributed by atoms with van der Waals surface area (Å²) < 4.78 is 18.7. The van der Waals surface area contributed by atoms with Crippen LogP contribution in [0.25, 0.3) is 0 Å². The van der Waals surface area contributed by atoms with Crippen molar-refractivity contribution in [3.8, 4) is 11.6 Å². The topological polar surface area (TPSA) is 48.1 Å². The third-order valence-corrected chi connectivity index (χ3v) is 2.81. The largest absolute Gasteiger partial charge is 0.439 e. The van der Waals surface area contributed by atoms with Gasteiger partial charge in [-0.05, 0) is 24.6 Å². The number of pyridine rings is 1. The molecule has 0 saturated carbocycles. The van der Waals surface area contributed by atoms with Gasteiger partial charge < -0.3 is 10.5 Å². The van der Waals surface area contributed by atoms with E-state index < -0.39 is 5.82 Å². The minimum Gasteiger partial charge on any atom is -0.439 e. The quantitative estimate of drug-likeness (QED) is 0.926. The third kappa shape index (κ3) is 2.78. The van der Waals surface area contributed by atoms with Gasteiger partial charge in [-0.15, -0.1) is 0 Å². The first-order chi connectivity index (χ1) is 8.60. The van der Waals surface area contributed by atoms with Crippen LogP contribution in [-0.4, -0.2) is 4.98 Å². The van der Waals surface area contributed by atoms with Crippen molar-refractivity contribution >= 4 is 11.6 Å². The molecular weight excluding hydrogens is 255 g/mol. The Morgan fingerprint density at radius 3 is 2.72 bits per heavy atom. The summed E-state index contributed by atoms with van der Waals surface area (Å²) in [5, 5.41) is 0.0602. The molecule has 94 valence electrons. The molecule has 1 aromatic carbocycles. The Morgan fingerprint density at radius 2 is 2.11 bits per heavy atom. The number of hydrogen-bond donors (Lipinski definition) is 1. The van der Waals surface area contributed by atoms with Crippen LogP contribution >= 0.6 is 11.6 Å². The van der Waals surface area contributed by atoms with Crippen molar-refractivity contribution < 1.29 is 9.13 Å². The highest BCUT2D eigenvalue weighted by Crippen LogP contribution is 2.24. The summed E-state index contributed by atoms with van der Waals surface area (Å²) in [6.45, 7) is 2.27. The van der Waals surface area contributed by atoms with E-state index in [0.717, 1.165) is 11.3 Å². The second-order valence-corrected chi connectivity index (χ2v) is 4.18. The van der Waals surface area contributed by atoms with Crippen LogP contribution in [0.2, 0.25) is 5.02 Å². The van der Waals surface area contributed by atoms with Crippen LogP contribution in [0, 0.1) is 12.7 Å². The second kappa shape index (κ2) is 5.33. The lowest BCUT2D eigenvalue weighted by Crippen LogP contribution is -2.01. The molecule has 0 unspecified atom stereocenters. The minimum atomic E-state index is -0.524. The molecule has 0 saturated heterocycles. The molecule has 0 radical (unpaired) electrons. The second-order valence-electron chi connectivity index (χ2n) is 3.78. The molecule has 2 N–H and O–H groups in total. The molecule has 0 atom stereocenters. The van der Waals surface area contributed by atoms with Crippen molar-refractivity contribution in [2.45, 2.75) is 13.5 Å². The summed E-state index contributed by atoms with van der Waals surface area (Å²) in [4.78, 5) is 4.23. The fourth-order valence-corrected chi connectivity index (χ4v) is 1.62. The standard InChI is InChI=1S/C13H12ClFN2O/c1-8-9(7-16)2-5-13(17-8)18-10-3-4-11(14)12(15)6-10/h2-6H,7,16H2,1H3. The lowest BCUT2D eigenvalue weighted by atomic mass is 10.2. The summed E-state index contributed by atoms with van der Waals surface area (Å²) >= 11 is 5.59. The zero-order chi connectivity index (χ0) is 13.1. The first kappa shape index (κ1) is 12.8. The van der Waals surface area contributed by atoms with Gasteiger partial charge in [0.15, 0.2) is 0 Å². The maximum absolute atomic E-state index is 13.2. The lowest BCUT2D eigenvalue weighted by molar-refractivity contribution is 0.456. The molecule has 5 heteroatoms. The van der Waals surface area contributed by atoms with Crippen LogP contribution in [0.15, 0.2) is 30.3 Å². The number of nitrogens with two attached hydrogens (primary N) is 1. The van der Waals surface area contributed by atoms with E-state index >= 15 is 0 Å². The normalized spacial score (nSPS) is 10.4. The fourth-order valence-electron chi connectivity index (χ4n) is 1.50. The van der Waals surface area contributed by atoms with Gasteiger partial charge in [-0.1, -0.05) is 17.7 Å². The highest BCUT2D eigenvalue weighted by Gasteiger charge is 2.05. The number of hydrogen-bond acceptors (Lipinski definition) is 3. The van der Waals surface area contributed by atoms with Crippen LogP contribution in [0.5, 0.6) is 11.6 Å². The number of benzene rings is 1. The lowest BCUT2D eigenvalue weighted by Gasteiger charge is -2.08. The van der Waals surface area contributed by atoms with Gasteiger partial charge in [-0.25, -0.2) is 9.37 Å². The summed E-state index contributed by atoms with van der Waals surface area (Å²) in [5.41, 5.74) is 7.29. The van der Waals surface area contributed by atoms with Gasteiger partial charge in [0.25, 0.3) is 0 Å². The van der Waals surface area contributed by atoms with Gasteiger partial charge in [0, 0.05) is 24.4 Å². The molecule has 2 rings (SSSR count). The van der Waals surface area contributed by atoms with Crippen LogP contribution < -0.4 is 10.5 Å².